The van der Waals surface area contributed by atoms with E-state index in [1.807, 2.05) is 0 Å². The molecule has 1 aliphatic rings. The van der Waals surface area contributed by atoms with E-state index in [2.05, 4.69) is 0 Å². The first-order chi connectivity index (χ1) is 13.7. The molecular weight excluding hydrogens is 387 g/mol. The van der Waals surface area contributed by atoms with E-state index in [0.717, 1.165) is 25.0 Å². The van der Waals surface area contributed by atoms with Gasteiger partial charge in [0, 0.05) is 18.5 Å². The van der Waals surface area contributed by atoms with Crippen LogP contribution >= 0.6 is 0 Å². The lowest BCUT2D eigenvalue weighted by Gasteiger charge is -2.13. The van der Waals surface area contributed by atoms with Crippen molar-refractivity contribution in [1.82, 2.24) is 4.90 Å². The Kier molecular flexibility index (Phi) is 7.99. The monoisotopic (exact) mass is 411 g/mol. The highest BCUT2D eigenvalue weighted by molar-refractivity contribution is 6.15. The second-order valence-electron chi connectivity index (χ2n) is 6.79. The number of alkyl halides is 3. The summed E-state index contributed by atoms with van der Waals surface area (Å²) in [7, 11) is 0. The van der Waals surface area contributed by atoms with Crippen LogP contribution in [0.2, 0.25) is 0 Å². The molecule has 1 aromatic rings. The zero-order valence-corrected chi connectivity index (χ0v) is 16.3. The molecule has 2 amide bonds. The van der Waals surface area contributed by atoms with Crippen LogP contribution in [-0.4, -0.2) is 35.8 Å². The number of carbonyl (C=O) groups is 3. The average molecular weight is 411 g/mol. The molecule has 158 valence electrons. The Labute approximate surface area is 167 Å². The molecule has 1 aromatic carbocycles. The van der Waals surface area contributed by atoms with Crippen molar-refractivity contribution in [2.24, 2.45) is 0 Å². The molecule has 5 nitrogen and oxygen atoms in total. The second-order valence-corrected chi connectivity index (χ2v) is 6.79. The molecule has 0 spiro atoms. The molecule has 0 saturated carbocycles. The molecule has 0 atom stereocenters. The van der Waals surface area contributed by atoms with E-state index < -0.39 is 17.6 Å². The van der Waals surface area contributed by atoms with Gasteiger partial charge in [-0.15, -0.1) is 0 Å². The summed E-state index contributed by atoms with van der Waals surface area (Å²) in [4.78, 5) is 37.0. The maximum Gasteiger partial charge on any atom is 0.416 e. The van der Waals surface area contributed by atoms with Crippen LogP contribution < -0.4 is 0 Å². The minimum absolute atomic E-state index is 0.0529. The fraction of sp³-hybridized carbons (Fsp3) is 0.476. The summed E-state index contributed by atoms with van der Waals surface area (Å²) < 4.78 is 42.7. The van der Waals surface area contributed by atoms with Crippen LogP contribution in [0.3, 0.4) is 0 Å². The minimum atomic E-state index is -4.42. The highest BCUT2D eigenvalue weighted by atomic mass is 19.4. The maximum atomic E-state index is 12.6. The molecule has 1 aliphatic heterocycles. The average Bonchev–Trinajstić information content (AvgIpc) is 2.91. The predicted octanol–water partition coefficient (Wildman–Crippen LogP) is 4.36. The number of imide groups is 1. The van der Waals surface area contributed by atoms with Gasteiger partial charge < -0.3 is 4.74 Å². The maximum absolute atomic E-state index is 12.6. The Balaban J connectivity index is 1.83. The van der Waals surface area contributed by atoms with E-state index in [4.69, 9.17) is 4.74 Å². The van der Waals surface area contributed by atoms with Gasteiger partial charge in [0.15, 0.2) is 0 Å². The van der Waals surface area contributed by atoms with Crippen LogP contribution in [0, 0.1) is 0 Å². The van der Waals surface area contributed by atoms with Crippen LogP contribution in [0.5, 0.6) is 0 Å². The lowest BCUT2D eigenvalue weighted by Crippen LogP contribution is -2.30. The molecule has 0 bridgehead atoms. The smallest absolute Gasteiger partial charge is 0.416 e. The number of rotatable bonds is 9. The van der Waals surface area contributed by atoms with Crippen molar-refractivity contribution >= 4 is 23.9 Å². The van der Waals surface area contributed by atoms with Crippen molar-refractivity contribution in [3.63, 3.8) is 0 Å². The van der Waals surface area contributed by atoms with Gasteiger partial charge in [-0.05, 0) is 43.5 Å². The van der Waals surface area contributed by atoms with Gasteiger partial charge >= 0.3 is 12.1 Å². The van der Waals surface area contributed by atoms with Gasteiger partial charge in [0.05, 0.1) is 18.6 Å². The van der Waals surface area contributed by atoms with Crippen LogP contribution in [0.25, 0.3) is 6.08 Å². The topological polar surface area (TPSA) is 63.7 Å². The number of unbranched alkanes of at least 4 members (excludes halogenated alkanes) is 3. The van der Waals surface area contributed by atoms with Gasteiger partial charge in [-0.25, -0.2) is 0 Å². The summed E-state index contributed by atoms with van der Waals surface area (Å²) in [5, 5.41) is 0. The Morgan fingerprint density at radius 2 is 1.76 bits per heavy atom. The third kappa shape index (κ3) is 6.73. The molecular formula is C21H24F3NO4. The van der Waals surface area contributed by atoms with Gasteiger partial charge in [0.25, 0.3) is 5.91 Å². The summed E-state index contributed by atoms with van der Waals surface area (Å²) in [6, 6.07) is 4.45. The lowest BCUT2D eigenvalue weighted by atomic mass is 10.1. The molecule has 1 saturated heterocycles. The number of ether oxygens (including phenoxy) is 1. The minimum Gasteiger partial charge on any atom is -0.466 e. The fourth-order valence-electron chi connectivity index (χ4n) is 3.06. The molecule has 1 heterocycles. The van der Waals surface area contributed by atoms with Crippen LogP contribution in [0.1, 0.15) is 56.6 Å². The van der Waals surface area contributed by atoms with Gasteiger partial charge in [0.1, 0.15) is 0 Å². The largest absolute Gasteiger partial charge is 0.466 e. The normalized spacial score (nSPS) is 16.0. The van der Waals surface area contributed by atoms with Crippen molar-refractivity contribution in [2.75, 3.05) is 13.2 Å². The number of carbonyl (C=O) groups excluding carboxylic acids is 3. The standard InChI is InChI=1S/C21H24F3NO4/c1-2-29-19(27)7-5-3-4-6-12-25-18(26)14-16(20(25)28)13-15-8-10-17(11-9-15)21(22,23)24/h8-11,13H,2-7,12,14H2,1H3. The summed E-state index contributed by atoms with van der Waals surface area (Å²) in [5.41, 5.74) is -0.0508. The quantitative estimate of drug-likeness (QED) is 0.262. The number of benzene rings is 1. The van der Waals surface area contributed by atoms with E-state index in [-0.39, 0.29) is 23.9 Å². The summed E-state index contributed by atoms with van der Waals surface area (Å²) >= 11 is 0. The number of esters is 1. The summed E-state index contributed by atoms with van der Waals surface area (Å²) in [6.45, 7) is 2.41. The number of likely N-dealkylation sites (tertiary alicyclic amines) is 1. The number of hydrogen-bond acceptors (Lipinski definition) is 4. The third-order valence-corrected chi connectivity index (χ3v) is 4.56. The first-order valence-corrected chi connectivity index (χ1v) is 9.60. The SMILES string of the molecule is CCOC(=O)CCCCCCN1C(=O)CC(=Cc2ccc(C(F)(F)F)cc2)C1=O. The van der Waals surface area contributed by atoms with Crippen molar-refractivity contribution in [2.45, 2.75) is 51.6 Å². The van der Waals surface area contributed by atoms with Crippen molar-refractivity contribution in [1.29, 1.82) is 0 Å². The van der Waals surface area contributed by atoms with Crippen molar-refractivity contribution in [3.8, 4) is 0 Å². The zero-order chi connectivity index (χ0) is 21.4. The van der Waals surface area contributed by atoms with Gasteiger partial charge in [-0.2, -0.15) is 13.2 Å². The Morgan fingerprint density at radius 1 is 1.10 bits per heavy atom. The summed E-state index contributed by atoms with van der Waals surface area (Å²) in [5.74, 6) is -0.934. The van der Waals surface area contributed by atoms with Gasteiger partial charge in [-0.1, -0.05) is 25.0 Å². The second kappa shape index (κ2) is 10.2. The Hall–Kier alpha value is -2.64. The fourth-order valence-corrected chi connectivity index (χ4v) is 3.06. The first kappa shape index (κ1) is 22.6. The molecule has 0 radical (unpaired) electrons. The first-order valence-electron chi connectivity index (χ1n) is 9.60. The van der Waals surface area contributed by atoms with E-state index >= 15 is 0 Å². The highest BCUT2D eigenvalue weighted by Crippen LogP contribution is 2.30. The van der Waals surface area contributed by atoms with Crippen LogP contribution in [0.15, 0.2) is 29.8 Å². The lowest BCUT2D eigenvalue weighted by molar-refractivity contribution is -0.143. The van der Waals surface area contributed by atoms with Crippen LogP contribution in [-0.2, 0) is 25.3 Å². The predicted molar refractivity (Wildman–Crippen MR) is 100 cm³/mol. The third-order valence-electron chi connectivity index (χ3n) is 4.56. The molecule has 0 N–H and O–H groups in total. The van der Waals surface area contributed by atoms with Gasteiger partial charge in [0.2, 0.25) is 5.91 Å². The Bertz CT molecular complexity index is 769. The molecule has 0 aromatic heterocycles. The molecule has 29 heavy (non-hydrogen) atoms. The number of hydrogen-bond donors (Lipinski definition) is 0. The van der Waals surface area contributed by atoms with E-state index in [0.29, 0.717) is 38.0 Å². The summed E-state index contributed by atoms with van der Waals surface area (Å²) in [6.07, 6.45) is 0.237. The molecule has 8 heteroatoms. The highest BCUT2D eigenvalue weighted by Gasteiger charge is 2.33. The van der Waals surface area contributed by atoms with E-state index in [1.165, 1.54) is 23.1 Å². The number of amides is 2. The van der Waals surface area contributed by atoms with E-state index in [9.17, 15) is 27.6 Å². The number of halogens is 3. The molecule has 1 fully saturated rings. The molecule has 0 aliphatic carbocycles. The van der Waals surface area contributed by atoms with Crippen LogP contribution in [0.4, 0.5) is 13.2 Å². The molecule has 0 unspecified atom stereocenters. The van der Waals surface area contributed by atoms with E-state index in [1.54, 1.807) is 6.92 Å². The number of nitrogens with zero attached hydrogens (tertiary/aromatic N) is 1. The van der Waals surface area contributed by atoms with Gasteiger partial charge in [-0.3, -0.25) is 19.3 Å². The van der Waals surface area contributed by atoms with Crippen molar-refractivity contribution < 1.29 is 32.3 Å². The Morgan fingerprint density at radius 3 is 2.38 bits per heavy atom. The van der Waals surface area contributed by atoms with Crippen molar-refractivity contribution in [3.05, 3.63) is 41.0 Å². The zero-order valence-electron chi connectivity index (χ0n) is 16.3. The molecule has 2 rings (SSSR count).